The summed E-state index contributed by atoms with van der Waals surface area (Å²) in [5.41, 5.74) is 3.52. The summed E-state index contributed by atoms with van der Waals surface area (Å²) >= 11 is 0. The van der Waals surface area contributed by atoms with Gasteiger partial charge < -0.3 is 15.3 Å². The SMILES string of the molecule is Fc1ccc2[nH]cc(Nc3nc4ccccc4[nH]3)c2c1. The van der Waals surface area contributed by atoms with Crippen LogP contribution in [0.2, 0.25) is 0 Å². The van der Waals surface area contributed by atoms with Crippen LogP contribution in [0.15, 0.2) is 48.7 Å². The first-order valence-electron chi connectivity index (χ1n) is 6.28. The van der Waals surface area contributed by atoms with E-state index in [1.54, 1.807) is 12.3 Å². The molecule has 2 aromatic heterocycles. The van der Waals surface area contributed by atoms with Crippen molar-refractivity contribution in [3.63, 3.8) is 0 Å². The van der Waals surface area contributed by atoms with Gasteiger partial charge in [-0.15, -0.1) is 0 Å². The Balaban J connectivity index is 1.78. The first-order chi connectivity index (χ1) is 9.79. The molecule has 0 aliphatic rings. The third-order valence-electron chi connectivity index (χ3n) is 3.29. The normalized spacial score (nSPS) is 11.2. The number of H-pyrrole nitrogens is 2. The number of nitrogens with zero attached hydrogens (tertiary/aromatic N) is 1. The van der Waals surface area contributed by atoms with E-state index in [1.165, 1.54) is 12.1 Å². The highest BCUT2D eigenvalue weighted by atomic mass is 19.1. The van der Waals surface area contributed by atoms with Gasteiger partial charge in [0.2, 0.25) is 5.95 Å². The Labute approximate surface area is 113 Å². The predicted molar refractivity (Wildman–Crippen MR) is 77.6 cm³/mol. The van der Waals surface area contributed by atoms with Crippen LogP contribution in [-0.2, 0) is 0 Å². The number of benzene rings is 2. The molecule has 4 nitrogen and oxygen atoms in total. The summed E-state index contributed by atoms with van der Waals surface area (Å²) in [6, 6.07) is 12.4. The number of halogens is 1. The lowest BCUT2D eigenvalue weighted by Crippen LogP contribution is -1.90. The molecular formula is C15H11FN4. The van der Waals surface area contributed by atoms with Crippen LogP contribution in [0.25, 0.3) is 21.9 Å². The Morgan fingerprint density at radius 1 is 1.05 bits per heavy atom. The van der Waals surface area contributed by atoms with E-state index in [9.17, 15) is 4.39 Å². The minimum atomic E-state index is -0.259. The molecule has 3 N–H and O–H groups in total. The zero-order valence-electron chi connectivity index (χ0n) is 10.4. The van der Waals surface area contributed by atoms with Gasteiger partial charge in [-0.3, -0.25) is 0 Å². The van der Waals surface area contributed by atoms with Gasteiger partial charge in [0.05, 0.1) is 16.7 Å². The molecule has 5 heteroatoms. The number of hydrogen-bond acceptors (Lipinski definition) is 2. The highest BCUT2D eigenvalue weighted by molar-refractivity contribution is 5.94. The molecule has 0 atom stereocenters. The van der Waals surface area contributed by atoms with Crippen molar-refractivity contribution in [1.29, 1.82) is 0 Å². The number of anilines is 2. The number of nitrogens with one attached hydrogen (secondary N) is 3. The summed E-state index contributed by atoms with van der Waals surface area (Å²) in [6.07, 6.45) is 1.80. The third-order valence-corrected chi connectivity index (χ3v) is 3.29. The zero-order valence-corrected chi connectivity index (χ0v) is 10.4. The summed E-state index contributed by atoms with van der Waals surface area (Å²) < 4.78 is 13.3. The summed E-state index contributed by atoms with van der Waals surface area (Å²) in [5, 5.41) is 3.98. The largest absolute Gasteiger partial charge is 0.359 e. The lowest BCUT2D eigenvalue weighted by Gasteiger charge is -2.00. The lowest BCUT2D eigenvalue weighted by atomic mass is 10.2. The Hall–Kier alpha value is -2.82. The molecule has 98 valence electrons. The number of aromatic amines is 2. The first kappa shape index (κ1) is 11.0. The molecule has 4 rings (SSSR count). The first-order valence-corrected chi connectivity index (χ1v) is 6.28. The van der Waals surface area contributed by atoms with Gasteiger partial charge in [0, 0.05) is 17.1 Å². The molecule has 0 amide bonds. The number of imidazole rings is 1. The Morgan fingerprint density at radius 2 is 1.95 bits per heavy atom. The Morgan fingerprint density at radius 3 is 2.85 bits per heavy atom. The van der Waals surface area contributed by atoms with Crippen molar-refractivity contribution < 1.29 is 4.39 Å². The van der Waals surface area contributed by atoms with Crippen molar-refractivity contribution in [2.24, 2.45) is 0 Å². The average Bonchev–Trinajstić information content (AvgIpc) is 3.03. The minimum absolute atomic E-state index is 0.259. The highest BCUT2D eigenvalue weighted by Gasteiger charge is 2.07. The van der Waals surface area contributed by atoms with E-state index >= 15 is 0 Å². The van der Waals surface area contributed by atoms with Crippen LogP contribution in [0.3, 0.4) is 0 Å². The summed E-state index contributed by atoms with van der Waals surface area (Å²) in [5.74, 6) is 0.376. The van der Waals surface area contributed by atoms with E-state index in [0.717, 1.165) is 27.6 Å². The van der Waals surface area contributed by atoms with E-state index < -0.39 is 0 Å². The van der Waals surface area contributed by atoms with Crippen molar-refractivity contribution in [3.05, 3.63) is 54.5 Å². The standard InChI is InChI=1S/C15H11FN4/c16-9-5-6-11-10(7-9)14(8-17-11)20-15-18-12-3-1-2-4-13(12)19-15/h1-8,17H,(H2,18,19,20). The van der Waals surface area contributed by atoms with Gasteiger partial charge in [0.25, 0.3) is 0 Å². The van der Waals surface area contributed by atoms with Gasteiger partial charge in [-0.1, -0.05) is 12.1 Å². The highest BCUT2D eigenvalue weighted by Crippen LogP contribution is 2.26. The van der Waals surface area contributed by atoms with Crippen LogP contribution in [0.5, 0.6) is 0 Å². The molecule has 0 bridgehead atoms. The van der Waals surface area contributed by atoms with Gasteiger partial charge in [-0.05, 0) is 30.3 Å². The van der Waals surface area contributed by atoms with Crippen molar-refractivity contribution in [2.75, 3.05) is 5.32 Å². The van der Waals surface area contributed by atoms with Gasteiger partial charge in [-0.2, -0.15) is 0 Å². The van der Waals surface area contributed by atoms with Crippen LogP contribution in [-0.4, -0.2) is 15.0 Å². The van der Waals surface area contributed by atoms with E-state index in [1.807, 2.05) is 24.3 Å². The molecular weight excluding hydrogens is 255 g/mol. The molecule has 2 aromatic carbocycles. The molecule has 0 aliphatic carbocycles. The fraction of sp³-hybridized carbons (Fsp3) is 0. The van der Waals surface area contributed by atoms with Crippen molar-refractivity contribution in [1.82, 2.24) is 15.0 Å². The topological polar surface area (TPSA) is 56.5 Å². The molecule has 20 heavy (non-hydrogen) atoms. The third kappa shape index (κ3) is 1.72. The smallest absolute Gasteiger partial charge is 0.205 e. The second kappa shape index (κ2) is 4.09. The maximum absolute atomic E-state index is 13.3. The lowest BCUT2D eigenvalue weighted by molar-refractivity contribution is 0.630. The molecule has 0 spiro atoms. The number of para-hydroxylation sites is 2. The molecule has 0 radical (unpaired) electrons. The summed E-state index contributed by atoms with van der Waals surface area (Å²) in [6.45, 7) is 0. The van der Waals surface area contributed by atoms with Crippen molar-refractivity contribution >= 4 is 33.6 Å². The Bertz CT molecular complexity index is 873. The number of fused-ring (bicyclic) bond motifs is 2. The molecule has 0 unspecified atom stereocenters. The number of hydrogen-bond donors (Lipinski definition) is 3. The van der Waals surface area contributed by atoms with Gasteiger partial charge in [0.15, 0.2) is 0 Å². The predicted octanol–water partition coefficient (Wildman–Crippen LogP) is 3.93. The molecule has 2 heterocycles. The summed E-state index contributed by atoms with van der Waals surface area (Å²) in [7, 11) is 0. The van der Waals surface area contributed by atoms with Crippen LogP contribution in [0, 0.1) is 5.82 Å². The van der Waals surface area contributed by atoms with Crippen LogP contribution >= 0.6 is 0 Å². The van der Waals surface area contributed by atoms with E-state index in [4.69, 9.17) is 0 Å². The van der Waals surface area contributed by atoms with Crippen LogP contribution in [0.4, 0.5) is 16.0 Å². The van der Waals surface area contributed by atoms with Gasteiger partial charge in [-0.25, -0.2) is 9.37 Å². The van der Waals surface area contributed by atoms with Crippen molar-refractivity contribution in [3.8, 4) is 0 Å². The maximum atomic E-state index is 13.3. The molecule has 4 aromatic rings. The molecule has 0 saturated heterocycles. The minimum Gasteiger partial charge on any atom is -0.359 e. The van der Waals surface area contributed by atoms with Crippen LogP contribution in [0.1, 0.15) is 0 Å². The van der Waals surface area contributed by atoms with E-state index in [2.05, 4.69) is 20.3 Å². The number of aromatic nitrogens is 3. The van der Waals surface area contributed by atoms with Gasteiger partial charge in [0.1, 0.15) is 5.82 Å². The van der Waals surface area contributed by atoms with Crippen molar-refractivity contribution in [2.45, 2.75) is 0 Å². The van der Waals surface area contributed by atoms with Crippen LogP contribution < -0.4 is 5.32 Å². The van der Waals surface area contributed by atoms with Gasteiger partial charge >= 0.3 is 0 Å². The number of rotatable bonds is 2. The molecule has 0 saturated carbocycles. The summed E-state index contributed by atoms with van der Waals surface area (Å²) in [4.78, 5) is 10.7. The maximum Gasteiger partial charge on any atom is 0.205 e. The average molecular weight is 266 g/mol. The monoisotopic (exact) mass is 266 g/mol. The fourth-order valence-corrected chi connectivity index (χ4v) is 2.34. The Kier molecular flexibility index (Phi) is 2.26. The molecule has 0 aliphatic heterocycles. The quantitative estimate of drug-likeness (QED) is 0.515. The van der Waals surface area contributed by atoms with E-state index in [-0.39, 0.29) is 5.82 Å². The second-order valence-corrected chi connectivity index (χ2v) is 4.62. The fourth-order valence-electron chi connectivity index (χ4n) is 2.34. The molecule has 0 fully saturated rings. The van der Waals surface area contributed by atoms with E-state index in [0.29, 0.717) is 5.95 Å². The second-order valence-electron chi connectivity index (χ2n) is 4.62. The zero-order chi connectivity index (χ0) is 13.5.